The lowest BCUT2D eigenvalue weighted by molar-refractivity contribution is 0.0784. The van der Waals surface area contributed by atoms with E-state index >= 15 is 0 Å². The van der Waals surface area contributed by atoms with Crippen LogP contribution in [0.4, 0.5) is 0 Å². The average molecular weight is 304 g/mol. The molecule has 1 saturated heterocycles. The molecule has 0 spiro atoms. The van der Waals surface area contributed by atoms with Crippen LogP contribution in [0.2, 0.25) is 0 Å². The molecule has 0 aliphatic carbocycles. The molecule has 22 heavy (non-hydrogen) atoms. The van der Waals surface area contributed by atoms with Gasteiger partial charge in [0.2, 0.25) is 0 Å². The van der Waals surface area contributed by atoms with Crippen molar-refractivity contribution < 1.29 is 19.7 Å². The third-order valence-corrected chi connectivity index (χ3v) is 3.51. The molecule has 2 aromatic rings. The molecule has 1 aromatic carbocycles. The van der Waals surface area contributed by atoms with Crippen LogP contribution in [0.15, 0.2) is 18.3 Å². The van der Waals surface area contributed by atoms with E-state index in [0.717, 1.165) is 18.9 Å². The van der Waals surface area contributed by atoms with Gasteiger partial charge < -0.3 is 19.8 Å². The smallest absolute Gasteiger partial charge is 0.261 e. The van der Waals surface area contributed by atoms with E-state index in [4.69, 9.17) is 4.74 Å². The molecule has 8 heteroatoms. The molecule has 0 saturated carbocycles. The van der Waals surface area contributed by atoms with Crippen LogP contribution in [0.3, 0.4) is 0 Å². The minimum absolute atomic E-state index is 0.0585. The minimum Gasteiger partial charge on any atom is -0.508 e. The number of hydrogen-bond acceptors (Lipinski definition) is 6. The van der Waals surface area contributed by atoms with Gasteiger partial charge in [-0.15, -0.1) is 0 Å². The number of benzene rings is 1. The Bertz CT molecular complexity index is 666. The first-order valence-corrected chi connectivity index (χ1v) is 6.98. The fraction of sp³-hybridized carbons (Fsp3) is 0.357. The molecule has 116 valence electrons. The summed E-state index contributed by atoms with van der Waals surface area (Å²) in [4.78, 5) is 14.2. The highest BCUT2D eigenvalue weighted by atomic mass is 16.5. The first-order chi connectivity index (χ1) is 10.6. The first-order valence-electron chi connectivity index (χ1n) is 6.98. The van der Waals surface area contributed by atoms with Crippen LogP contribution in [0, 0.1) is 0 Å². The van der Waals surface area contributed by atoms with Crippen LogP contribution in [-0.4, -0.2) is 49.5 Å². The Morgan fingerprint density at radius 3 is 2.77 bits per heavy atom. The van der Waals surface area contributed by atoms with E-state index in [0.29, 0.717) is 18.8 Å². The number of phenols is 2. The number of hydrogen-bond donors (Lipinski definition) is 3. The van der Waals surface area contributed by atoms with Crippen LogP contribution in [0.5, 0.6) is 17.2 Å². The lowest BCUT2D eigenvalue weighted by Gasteiger charge is -2.18. The second-order valence-electron chi connectivity index (χ2n) is 5.09. The summed E-state index contributed by atoms with van der Waals surface area (Å²) in [6.45, 7) is 1.38. The maximum atomic E-state index is 12.5. The second kappa shape index (κ2) is 5.92. The fourth-order valence-corrected chi connectivity index (χ4v) is 2.44. The molecule has 0 atom stereocenters. The number of aromatic hydroxyl groups is 2. The predicted molar refractivity (Wildman–Crippen MR) is 75.6 cm³/mol. The van der Waals surface area contributed by atoms with E-state index in [9.17, 15) is 15.0 Å². The van der Waals surface area contributed by atoms with E-state index in [1.807, 2.05) is 0 Å². The molecule has 0 radical (unpaired) electrons. The molecule has 0 unspecified atom stereocenters. The number of carbonyl (C=O) groups excluding carboxylic acids is 1. The maximum absolute atomic E-state index is 12.5. The molecule has 3 N–H and O–H groups in total. The summed E-state index contributed by atoms with van der Waals surface area (Å²) in [5.74, 6) is -0.653. The lowest BCUT2D eigenvalue weighted by Crippen LogP contribution is -2.28. The monoisotopic (exact) mass is 304 g/mol. The maximum Gasteiger partial charge on any atom is 0.261 e. The van der Waals surface area contributed by atoms with Crippen molar-refractivity contribution in [2.45, 2.75) is 19.4 Å². The third-order valence-electron chi connectivity index (χ3n) is 3.51. The molecular weight excluding hydrogens is 288 g/mol. The number of amides is 1. The molecular formula is C14H16N4O4. The summed E-state index contributed by atoms with van der Waals surface area (Å²) in [6, 6.07) is 2.44. The van der Waals surface area contributed by atoms with Gasteiger partial charge in [-0.2, -0.15) is 15.4 Å². The predicted octanol–water partition coefficient (Wildman–Crippen LogP) is 1.03. The number of likely N-dealkylation sites (tertiary alicyclic amines) is 1. The number of aromatic amines is 1. The van der Waals surface area contributed by atoms with Crippen molar-refractivity contribution in [1.29, 1.82) is 0 Å². The largest absolute Gasteiger partial charge is 0.508 e. The summed E-state index contributed by atoms with van der Waals surface area (Å²) < 4.78 is 5.53. The highest BCUT2D eigenvalue weighted by molar-refractivity contribution is 6.00. The van der Waals surface area contributed by atoms with Crippen molar-refractivity contribution in [2.24, 2.45) is 0 Å². The van der Waals surface area contributed by atoms with Gasteiger partial charge in [-0.1, -0.05) is 0 Å². The Morgan fingerprint density at radius 1 is 1.32 bits per heavy atom. The van der Waals surface area contributed by atoms with Crippen molar-refractivity contribution >= 4 is 5.91 Å². The number of nitrogens with one attached hydrogen (secondary N) is 1. The number of nitrogens with zero attached hydrogens (tertiary/aromatic N) is 3. The number of carbonyl (C=O) groups is 1. The van der Waals surface area contributed by atoms with Gasteiger partial charge in [-0.3, -0.25) is 4.79 Å². The van der Waals surface area contributed by atoms with Crippen molar-refractivity contribution in [2.75, 3.05) is 13.1 Å². The topological polar surface area (TPSA) is 112 Å². The molecule has 1 amide bonds. The van der Waals surface area contributed by atoms with E-state index in [1.54, 1.807) is 4.90 Å². The van der Waals surface area contributed by atoms with Crippen molar-refractivity contribution in [3.8, 4) is 17.2 Å². The van der Waals surface area contributed by atoms with Gasteiger partial charge in [0, 0.05) is 25.2 Å². The van der Waals surface area contributed by atoms with Gasteiger partial charge in [-0.25, -0.2) is 0 Å². The van der Waals surface area contributed by atoms with Crippen LogP contribution in [0.25, 0.3) is 0 Å². The van der Waals surface area contributed by atoms with Crippen LogP contribution < -0.4 is 4.74 Å². The minimum atomic E-state index is -0.301. The van der Waals surface area contributed by atoms with E-state index in [1.165, 1.54) is 12.3 Å². The number of rotatable bonds is 4. The summed E-state index contributed by atoms with van der Waals surface area (Å²) in [5.41, 5.74) is 0.602. The van der Waals surface area contributed by atoms with Gasteiger partial charge in [0.15, 0.2) is 0 Å². The number of aromatic nitrogens is 3. The zero-order chi connectivity index (χ0) is 15.5. The Hall–Kier alpha value is -2.77. The van der Waals surface area contributed by atoms with Gasteiger partial charge in [-0.05, 0) is 12.8 Å². The Balaban J connectivity index is 1.88. The fourth-order valence-electron chi connectivity index (χ4n) is 2.44. The zero-order valence-electron chi connectivity index (χ0n) is 11.8. The van der Waals surface area contributed by atoms with Crippen molar-refractivity contribution in [3.63, 3.8) is 0 Å². The highest BCUT2D eigenvalue weighted by Crippen LogP contribution is 2.34. The molecule has 8 nitrogen and oxygen atoms in total. The molecule has 1 aliphatic heterocycles. The standard InChI is InChI=1S/C14H16N4O4/c19-10-5-11(20)13(14(21)18-3-1-2-4-18)12(6-10)22-8-9-7-15-17-16-9/h5-7,19-20H,1-4,8H2,(H,15,16,17). The zero-order valence-corrected chi connectivity index (χ0v) is 11.8. The van der Waals surface area contributed by atoms with Crippen LogP contribution in [-0.2, 0) is 6.61 Å². The normalized spacial score (nSPS) is 14.3. The summed E-state index contributed by atoms with van der Waals surface area (Å²) in [7, 11) is 0. The van der Waals surface area contributed by atoms with E-state index in [2.05, 4.69) is 15.4 Å². The lowest BCUT2D eigenvalue weighted by atomic mass is 10.1. The Morgan fingerprint density at radius 2 is 2.09 bits per heavy atom. The van der Waals surface area contributed by atoms with E-state index < -0.39 is 0 Å². The number of H-pyrrole nitrogens is 1. The SMILES string of the molecule is O=C(c1c(O)cc(O)cc1OCc1cn[nH]n1)N1CCCC1. The number of ether oxygens (including phenoxy) is 1. The van der Waals surface area contributed by atoms with Crippen molar-refractivity contribution in [3.05, 3.63) is 29.6 Å². The average Bonchev–Trinajstić information content (AvgIpc) is 3.17. The third kappa shape index (κ3) is 2.80. The van der Waals surface area contributed by atoms with Gasteiger partial charge in [0.1, 0.15) is 35.1 Å². The molecule has 1 aliphatic rings. The number of phenolic OH excluding ortho intramolecular Hbond substituents is 2. The highest BCUT2D eigenvalue weighted by Gasteiger charge is 2.26. The van der Waals surface area contributed by atoms with Crippen LogP contribution >= 0.6 is 0 Å². The summed E-state index contributed by atoms with van der Waals surface area (Å²) >= 11 is 0. The van der Waals surface area contributed by atoms with Crippen molar-refractivity contribution in [1.82, 2.24) is 20.3 Å². The molecule has 1 fully saturated rings. The van der Waals surface area contributed by atoms with Gasteiger partial charge in [0.25, 0.3) is 5.91 Å². The van der Waals surface area contributed by atoms with Gasteiger partial charge >= 0.3 is 0 Å². The van der Waals surface area contributed by atoms with E-state index in [-0.39, 0.29) is 35.3 Å². The van der Waals surface area contributed by atoms with Crippen LogP contribution in [0.1, 0.15) is 28.9 Å². The van der Waals surface area contributed by atoms with Gasteiger partial charge in [0.05, 0.1) is 6.20 Å². The quantitative estimate of drug-likeness (QED) is 0.778. The first kappa shape index (κ1) is 14.2. The second-order valence-corrected chi connectivity index (χ2v) is 5.09. The summed E-state index contributed by atoms with van der Waals surface area (Å²) in [6.07, 6.45) is 3.38. The summed E-state index contributed by atoms with van der Waals surface area (Å²) in [5, 5.41) is 29.6. The molecule has 0 bridgehead atoms. The Labute approximate surface area is 126 Å². The molecule has 1 aromatic heterocycles. The molecule has 3 rings (SSSR count). The molecule has 2 heterocycles. The Kier molecular flexibility index (Phi) is 3.82.